The Morgan fingerprint density at radius 3 is 2.50 bits per heavy atom. The first kappa shape index (κ1) is 11.7. The molecule has 1 fully saturated rings. The number of nitrogens with zero attached hydrogens (tertiary/aromatic N) is 1. The summed E-state index contributed by atoms with van der Waals surface area (Å²) in [5, 5.41) is 0.0789. The van der Waals surface area contributed by atoms with E-state index in [0.29, 0.717) is 6.42 Å². The van der Waals surface area contributed by atoms with Crippen LogP contribution in [-0.2, 0) is 0 Å². The van der Waals surface area contributed by atoms with Crippen molar-refractivity contribution >= 4 is 18.4 Å². The number of Topliss-reactive ketones (excluding diaryl/α,β-unsaturated/α-hetero) is 1. The van der Waals surface area contributed by atoms with Crippen molar-refractivity contribution in [3.8, 4) is 0 Å². The molecule has 1 aromatic carbocycles. The molecule has 1 aliphatic heterocycles. The largest absolute Gasteiger partial charge is 0.294 e. The van der Waals surface area contributed by atoms with Crippen LogP contribution in [0.1, 0.15) is 29.6 Å². The Bertz CT molecular complexity index is 346. The molecule has 1 aliphatic rings. The van der Waals surface area contributed by atoms with Crippen molar-refractivity contribution in [3.05, 3.63) is 35.9 Å². The third-order valence-electron chi connectivity index (χ3n) is 3.03. The molecule has 0 amide bonds. The van der Waals surface area contributed by atoms with Gasteiger partial charge < -0.3 is 0 Å². The quantitative estimate of drug-likeness (QED) is 0.639. The van der Waals surface area contributed by atoms with Crippen LogP contribution in [0.4, 0.5) is 0 Å². The summed E-state index contributed by atoms with van der Waals surface area (Å²) in [5.74, 6) is 0.188. The van der Waals surface area contributed by atoms with Crippen LogP contribution in [0.3, 0.4) is 0 Å². The zero-order chi connectivity index (χ0) is 11.4. The summed E-state index contributed by atoms with van der Waals surface area (Å²) >= 11 is 4.52. The number of likely N-dealkylation sites (tertiary alicyclic amines) is 1. The summed E-state index contributed by atoms with van der Waals surface area (Å²) in [5.41, 5.74) is 0.792. The molecule has 1 aromatic rings. The molecule has 0 radical (unpaired) electrons. The second kappa shape index (κ2) is 5.51. The summed E-state index contributed by atoms with van der Waals surface area (Å²) in [4.78, 5) is 14.2. The number of hydrogen-bond acceptors (Lipinski definition) is 3. The Morgan fingerprint density at radius 2 is 1.88 bits per heavy atom. The Labute approximate surface area is 102 Å². The van der Waals surface area contributed by atoms with E-state index in [4.69, 9.17) is 0 Å². The maximum absolute atomic E-state index is 11.9. The smallest absolute Gasteiger partial charge is 0.165 e. The lowest BCUT2D eigenvalue weighted by Crippen LogP contribution is -2.30. The van der Waals surface area contributed by atoms with E-state index in [-0.39, 0.29) is 11.2 Å². The van der Waals surface area contributed by atoms with Gasteiger partial charge in [-0.25, -0.2) is 0 Å². The highest BCUT2D eigenvalue weighted by Gasteiger charge is 2.21. The third-order valence-corrected chi connectivity index (χ3v) is 3.54. The van der Waals surface area contributed by atoms with Gasteiger partial charge >= 0.3 is 0 Å². The van der Waals surface area contributed by atoms with Crippen molar-refractivity contribution in [2.75, 3.05) is 13.1 Å². The molecule has 0 aromatic heterocycles. The lowest BCUT2D eigenvalue weighted by atomic mass is 10.1. The van der Waals surface area contributed by atoms with Gasteiger partial charge in [0, 0.05) is 12.0 Å². The second-order valence-electron chi connectivity index (χ2n) is 4.22. The van der Waals surface area contributed by atoms with Gasteiger partial charge in [0.15, 0.2) is 5.78 Å². The fourth-order valence-electron chi connectivity index (χ4n) is 2.08. The molecule has 3 heteroatoms. The molecule has 2 rings (SSSR count). The SMILES string of the molecule is O=C(CC(S)N1CCCC1)c1ccccc1. The average molecular weight is 235 g/mol. The van der Waals surface area contributed by atoms with E-state index in [1.165, 1.54) is 12.8 Å². The minimum atomic E-state index is 0.0789. The molecule has 16 heavy (non-hydrogen) atoms. The van der Waals surface area contributed by atoms with E-state index < -0.39 is 0 Å². The van der Waals surface area contributed by atoms with Crippen molar-refractivity contribution in [1.82, 2.24) is 4.90 Å². The number of rotatable bonds is 4. The van der Waals surface area contributed by atoms with Crippen molar-refractivity contribution in [2.24, 2.45) is 0 Å². The monoisotopic (exact) mass is 235 g/mol. The summed E-state index contributed by atoms with van der Waals surface area (Å²) in [6, 6.07) is 9.46. The molecule has 0 spiro atoms. The third kappa shape index (κ3) is 2.86. The number of benzene rings is 1. The molecule has 1 atom stereocenters. The zero-order valence-electron chi connectivity index (χ0n) is 9.30. The van der Waals surface area contributed by atoms with Crippen molar-refractivity contribution in [3.63, 3.8) is 0 Å². The molecule has 0 N–H and O–H groups in total. The maximum atomic E-state index is 11.9. The fourth-order valence-corrected chi connectivity index (χ4v) is 2.47. The number of thiol groups is 1. The molecular formula is C13H17NOS. The first-order valence-corrected chi connectivity index (χ1v) is 6.29. The highest BCUT2D eigenvalue weighted by Crippen LogP contribution is 2.18. The Morgan fingerprint density at radius 1 is 1.25 bits per heavy atom. The molecule has 0 aliphatic carbocycles. The van der Waals surface area contributed by atoms with Gasteiger partial charge in [0.05, 0.1) is 5.37 Å². The lowest BCUT2D eigenvalue weighted by Gasteiger charge is -2.21. The molecule has 2 nitrogen and oxygen atoms in total. The van der Waals surface area contributed by atoms with Crippen LogP contribution in [0, 0.1) is 0 Å². The molecule has 1 saturated heterocycles. The minimum Gasteiger partial charge on any atom is -0.294 e. The number of hydrogen-bond donors (Lipinski definition) is 1. The minimum absolute atomic E-state index is 0.0789. The summed E-state index contributed by atoms with van der Waals surface area (Å²) in [7, 11) is 0. The van der Waals surface area contributed by atoms with Crippen LogP contribution in [0.25, 0.3) is 0 Å². The topological polar surface area (TPSA) is 20.3 Å². The van der Waals surface area contributed by atoms with E-state index in [0.717, 1.165) is 18.7 Å². The van der Waals surface area contributed by atoms with E-state index in [1.807, 2.05) is 30.3 Å². The van der Waals surface area contributed by atoms with Gasteiger partial charge in [-0.3, -0.25) is 9.69 Å². The van der Waals surface area contributed by atoms with Crippen molar-refractivity contribution in [1.29, 1.82) is 0 Å². The van der Waals surface area contributed by atoms with Crippen LogP contribution >= 0.6 is 12.6 Å². The van der Waals surface area contributed by atoms with Crippen LogP contribution < -0.4 is 0 Å². The lowest BCUT2D eigenvalue weighted by molar-refractivity contribution is 0.0962. The van der Waals surface area contributed by atoms with E-state index >= 15 is 0 Å². The molecular weight excluding hydrogens is 218 g/mol. The van der Waals surface area contributed by atoms with Crippen LogP contribution in [0.15, 0.2) is 30.3 Å². The first-order chi connectivity index (χ1) is 7.77. The predicted molar refractivity (Wildman–Crippen MR) is 69.0 cm³/mol. The van der Waals surface area contributed by atoms with Crippen LogP contribution in [0.2, 0.25) is 0 Å². The first-order valence-electron chi connectivity index (χ1n) is 5.78. The average Bonchev–Trinajstić information content (AvgIpc) is 2.83. The summed E-state index contributed by atoms with van der Waals surface area (Å²) < 4.78 is 0. The van der Waals surface area contributed by atoms with Gasteiger partial charge in [0.25, 0.3) is 0 Å². The second-order valence-corrected chi connectivity index (χ2v) is 4.81. The fraction of sp³-hybridized carbons (Fsp3) is 0.462. The summed E-state index contributed by atoms with van der Waals surface area (Å²) in [6.07, 6.45) is 2.97. The zero-order valence-corrected chi connectivity index (χ0v) is 10.2. The maximum Gasteiger partial charge on any atom is 0.165 e. The summed E-state index contributed by atoms with van der Waals surface area (Å²) in [6.45, 7) is 2.16. The van der Waals surface area contributed by atoms with Gasteiger partial charge in [-0.1, -0.05) is 30.3 Å². The molecule has 86 valence electrons. The molecule has 0 saturated carbocycles. The Hall–Kier alpha value is -0.800. The van der Waals surface area contributed by atoms with E-state index in [9.17, 15) is 4.79 Å². The standard InChI is InChI=1S/C13H17NOS/c15-12(11-6-2-1-3-7-11)10-13(16)14-8-4-5-9-14/h1-3,6-7,13,16H,4-5,8-10H2. The number of carbonyl (C=O) groups excluding carboxylic acids is 1. The van der Waals surface area contributed by atoms with Crippen LogP contribution in [0.5, 0.6) is 0 Å². The Balaban J connectivity index is 1.92. The van der Waals surface area contributed by atoms with E-state index in [2.05, 4.69) is 17.5 Å². The van der Waals surface area contributed by atoms with Crippen molar-refractivity contribution in [2.45, 2.75) is 24.6 Å². The highest BCUT2D eigenvalue weighted by atomic mass is 32.1. The predicted octanol–water partition coefficient (Wildman–Crippen LogP) is 2.61. The van der Waals surface area contributed by atoms with Crippen LogP contribution in [-0.4, -0.2) is 29.1 Å². The number of ketones is 1. The van der Waals surface area contributed by atoms with Gasteiger partial charge in [-0.2, -0.15) is 12.6 Å². The van der Waals surface area contributed by atoms with Gasteiger partial charge in [0.1, 0.15) is 0 Å². The Kier molecular flexibility index (Phi) is 4.02. The van der Waals surface area contributed by atoms with Gasteiger partial charge in [0.2, 0.25) is 0 Å². The normalized spacial score (nSPS) is 18.6. The number of carbonyl (C=O) groups is 1. The molecule has 1 heterocycles. The molecule has 0 bridgehead atoms. The van der Waals surface area contributed by atoms with Gasteiger partial charge in [-0.05, 0) is 25.9 Å². The van der Waals surface area contributed by atoms with E-state index in [1.54, 1.807) is 0 Å². The molecule has 1 unspecified atom stereocenters. The van der Waals surface area contributed by atoms with Crippen molar-refractivity contribution < 1.29 is 4.79 Å². The highest BCUT2D eigenvalue weighted by molar-refractivity contribution is 7.80. The van der Waals surface area contributed by atoms with Gasteiger partial charge in [-0.15, -0.1) is 0 Å².